The van der Waals surface area contributed by atoms with Crippen molar-refractivity contribution in [3.63, 3.8) is 0 Å². The number of aromatic amines is 1. The number of rotatable bonds is 7. The SMILES string of the molecule is CCOc1c(C=Cc2ccc(NS(C)(=O)=O)cc2)cc(-c2ccc[nH]c2=O)cc1C(C)(C)C. The molecule has 0 amide bonds. The molecule has 0 radical (unpaired) electrons. The van der Waals surface area contributed by atoms with Gasteiger partial charge in [0.25, 0.3) is 5.56 Å². The second-order valence-electron chi connectivity index (χ2n) is 8.87. The van der Waals surface area contributed by atoms with E-state index in [4.69, 9.17) is 4.74 Å². The standard InChI is InChI=1S/C26H30N2O4S/c1-6-32-24-19(12-9-18-10-13-21(14-11-18)28-33(5,30)31)16-20(17-23(24)26(2,3)4)22-8-7-15-27-25(22)29/h7-17,28H,6H2,1-5H3,(H,27,29). The van der Waals surface area contributed by atoms with Crippen LogP contribution in [0.1, 0.15) is 44.4 Å². The number of hydrogen-bond acceptors (Lipinski definition) is 4. The van der Waals surface area contributed by atoms with E-state index in [1.807, 2.05) is 55.5 Å². The molecule has 0 unspecified atom stereocenters. The van der Waals surface area contributed by atoms with Crippen molar-refractivity contribution in [1.29, 1.82) is 0 Å². The van der Waals surface area contributed by atoms with E-state index in [0.717, 1.165) is 34.3 Å². The van der Waals surface area contributed by atoms with Gasteiger partial charge in [-0.15, -0.1) is 0 Å². The molecule has 0 spiro atoms. The monoisotopic (exact) mass is 466 g/mol. The van der Waals surface area contributed by atoms with Crippen LogP contribution < -0.4 is 15.0 Å². The average molecular weight is 467 g/mol. The van der Waals surface area contributed by atoms with Crippen molar-refractivity contribution in [3.8, 4) is 16.9 Å². The number of ether oxygens (including phenoxy) is 1. The lowest BCUT2D eigenvalue weighted by Crippen LogP contribution is -2.15. The number of H-pyrrole nitrogens is 1. The van der Waals surface area contributed by atoms with E-state index in [2.05, 4.69) is 30.5 Å². The molecule has 3 rings (SSSR count). The lowest BCUT2D eigenvalue weighted by molar-refractivity contribution is 0.329. The van der Waals surface area contributed by atoms with Gasteiger partial charge in [0.2, 0.25) is 10.0 Å². The number of pyridine rings is 1. The smallest absolute Gasteiger partial charge is 0.255 e. The van der Waals surface area contributed by atoms with E-state index in [9.17, 15) is 13.2 Å². The van der Waals surface area contributed by atoms with Crippen molar-refractivity contribution in [1.82, 2.24) is 4.98 Å². The topological polar surface area (TPSA) is 88.3 Å². The first-order chi connectivity index (χ1) is 15.5. The number of benzene rings is 2. The predicted molar refractivity (Wildman–Crippen MR) is 136 cm³/mol. The zero-order valence-electron chi connectivity index (χ0n) is 19.6. The number of aromatic nitrogens is 1. The van der Waals surface area contributed by atoms with Gasteiger partial charge in [0.15, 0.2) is 0 Å². The molecule has 0 aliphatic rings. The first-order valence-electron chi connectivity index (χ1n) is 10.7. The Morgan fingerprint density at radius 2 is 1.76 bits per heavy atom. The molecule has 0 bridgehead atoms. The highest BCUT2D eigenvalue weighted by molar-refractivity contribution is 7.92. The van der Waals surface area contributed by atoms with Gasteiger partial charge in [0.1, 0.15) is 5.75 Å². The molecule has 2 aromatic carbocycles. The van der Waals surface area contributed by atoms with Crippen molar-refractivity contribution in [2.45, 2.75) is 33.1 Å². The van der Waals surface area contributed by atoms with Crippen LogP contribution in [0.5, 0.6) is 5.75 Å². The minimum absolute atomic E-state index is 0.148. The summed E-state index contributed by atoms with van der Waals surface area (Å²) in [6, 6.07) is 14.7. The van der Waals surface area contributed by atoms with Gasteiger partial charge in [-0.05, 0) is 59.9 Å². The quantitative estimate of drug-likeness (QED) is 0.464. The maximum absolute atomic E-state index is 12.5. The van der Waals surface area contributed by atoms with E-state index >= 15 is 0 Å². The highest BCUT2D eigenvalue weighted by Crippen LogP contribution is 2.38. The summed E-state index contributed by atoms with van der Waals surface area (Å²) < 4.78 is 31.4. The summed E-state index contributed by atoms with van der Waals surface area (Å²) in [6.45, 7) is 8.81. The number of hydrogen-bond donors (Lipinski definition) is 2. The van der Waals surface area contributed by atoms with Crippen molar-refractivity contribution in [2.24, 2.45) is 0 Å². The van der Waals surface area contributed by atoms with Gasteiger partial charge in [-0.1, -0.05) is 45.1 Å². The van der Waals surface area contributed by atoms with Crippen molar-refractivity contribution >= 4 is 27.9 Å². The molecule has 2 N–H and O–H groups in total. The molecule has 0 aliphatic carbocycles. The first kappa shape index (κ1) is 24.3. The van der Waals surface area contributed by atoms with Crippen LogP contribution in [0.2, 0.25) is 0 Å². The number of anilines is 1. The number of sulfonamides is 1. The minimum atomic E-state index is -3.32. The molecule has 33 heavy (non-hydrogen) atoms. The molecule has 0 saturated heterocycles. The molecule has 7 heteroatoms. The molecule has 0 aliphatic heterocycles. The largest absolute Gasteiger partial charge is 0.493 e. The molecule has 0 atom stereocenters. The van der Waals surface area contributed by atoms with E-state index in [0.29, 0.717) is 17.9 Å². The van der Waals surface area contributed by atoms with E-state index in [-0.39, 0.29) is 11.0 Å². The summed E-state index contributed by atoms with van der Waals surface area (Å²) in [5.41, 5.74) is 4.34. The van der Waals surface area contributed by atoms with Crippen LogP contribution in [0.25, 0.3) is 23.3 Å². The fourth-order valence-electron chi connectivity index (χ4n) is 3.50. The van der Waals surface area contributed by atoms with E-state index < -0.39 is 10.0 Å². The summed E-state index contributed by atoms with van der Waals surface area (Å²) in [5, 5.41) is 0. The normalized spacial score (nSPS) is 12.2. The summed E-state index contributed by atoms with van der Waals surface area (Å²) in [7, 11) is -3.32. The van der Waals surface area contributed by atoms with E-state index in [1.54, 1.807) is 18.3 Å². The molecule has 6 nitrogen and oxygen atoms in total. The van der Waals surface area contributed by atoms with Crippen molar-refractivity contribution in [3.05, 3.63) is 81.8 Å². The zero-order valence-corrected chi connectivity index (χ0v) is 20.4. The van der Waals surface area contributed by atoms with Crippen LogP contribution in [0.4, 0.5) is 5.69 Å². The Kier molecular flexibility index (Phi) is 7.12. The third-order valence-corrected chi connectivity index (χ3v) is 5.62. The Bertz CT molecular complexity index is 1320. The molecule has 0 saturated carbocycles. The molecule has 0 fully saturated rings. The zero-order chi connectivity index (χ0) is 24.2. The fraction of sp³-hybridized carbons (Fsp3) is 0.269. The fourth-order valence-corrected chi connectivity index (χ4v) is 4.07. The van der Waals surface area contributed by atoms with Crippen LogP contribution >= 0.6 is 0 Å². The summed E-state index contributed by atoms with van der Waals surface area (Å²) in [6.07, 6.45) is 6.63. The Morgan fingerprint density at radius 1 is 1.06 bits per heavy atom. The molecule has 1 heterocycles. The first-order valence-corrected chi connectivity index (χ1v) is 12.6. The Hall–Kier alpha value is -3.32. The van der Waals surface area contributed by atoms with E-state index in [1.165, 1.54) is 0 Å². The maximum atomic E-state index is 12.5. The van der Waals surface area contributed by atoms with Crippen LogP contribution in [-0.4, -0.2) is 26.3 Å². The maximum Gasteiger partial charge on any atom is 0.255 e. The average Bonchev–Trinajstić information content (AvgIpc) is 2.72. The van der Waals surface area contributed by atoms with Crippen molar-refractivity contribution in [2.75, 3.05) is 17.6 Å². The van der Waals surface area contributed by atoms with Gasteiger partial charge in [-0.25, -0.2) is 8.42 Å². The summed E-state index contributed by atoms with van der Waals surface area (Å²) in [4.78, 5) is 15.2. The highest BCUT2D eigenvalue weighted by atomic mass is 32.2. The van der Waals surface area contributed by atoms with Gasteiger partial charge < -0.3 is 9.72 Å². The molecule has 174 valence electrons. The van der Waals surface area contributed by atoms with Gasteiger partial charge >= 0.3 is 0 Å². The van der Waals surface area contributed by atoms with Crippen LogP contribution in [-0.2, 0) is 15.4 Å². The Balaban J connectivity index is 2.10. The second kappa shape index (κ2) is 9.67. The Labute approximate surface area is 195 Å². The predicted octanol–water partition coefficient (Wildman–Crippen LogP) is 5.28. The molecular formula is C26H30N2O4S. The minimum Gasteiger partial charge on any atom is -0.493 e. The van der Waals surface area contributed by atoms with Crippen molar-refractivity contribution < 1.29 is 13.2 Å². The lowest BCUT2D eigenvalue weighted by Gasteiger charge is -2.25. The third-order valence-electron chi connectivity index (χ3n) is 5.01. The number of nitrogens with one attached hydrogen (secondary N) is 2. The van der Waals surface area contributed by atoms with Gasteiger partial charge in [0.05, 0.1) is 12.9 Å². The highest BCUT2D eigenvalue weighted by Gasteiger charge is 2.23. The molecule has 1 aromatic heterocycles. The summed E-state index contributed by atoms with van der Waals surface area (Å²) >= 11 is 0. The van der Waals surface area contributed by atoms with Crippen LogP contribution in [0, 0.1) is 0 Å². The Morgan fingerprint density at radius 3 is 2.33 bits per heavy atom. The van der Waals surface area contributed by atoms with Gasteiger partial charge in [0, 0.05) is 28.6 Å². The van der Waals surface area contributed by atoms with Crippen LogP contribution in [0.3, 0.4) is 0 Å². The third kappa shape index (κ3) is 6.35. The van der Waals surface area contributed by atoms with Gasteiger partial charge in [-0.2, -0.15) is 0 Å². The second-order valence-corrected chi connectivity index (χ2v) is 10.6. The van der Waals surface area contributed by atoms with Gasteiger partial charge in [-0.3, -0.25) is 9.52 Å². The molecule has 3 aromatic rings. The molecular weight excluding hydrogens is 436 g/mol. The lowest BCUT2D eigenvalue weighted by atomic mass is 9.83. The summed E-state index contributed by atoms with van der Waals surface area (Å²) in [5.74, 6) is 0.785. The van der Waals surface area contributed by atoms with Crippen LogP contribution in [0.15, 0.2) is 59.5 Å².